The normalized spacial score (nSPS) is 41.1. The molecule has 2 nitrogen and oxygen atoms in total. The summed E-state index contributed by atoms with van der Waals surface area (Å²) in [6, 6.07) is 0. The van der Waals surface area contributed by atoms with Gasteiger partial charge >= 0.3 is 0 Å². The SMILES string of the molecule is CC1OC(C)(CC(C)(C)C)OC1C. The molecule has 2 atom stereocenters. The molecule has 0 amide bonds. The summed E-state index contributed by atoms with van der Waals surface area (Å²) in [5, 5.41) is 0. The average Bonchev–Trinajstić information content (AvgIpc) is 2.00. The van der Waals surface area contributed by atoms with Gasteiger partial charge in [-0.05, 0) is 26.2 Å². The molecular weight excluding hydrogens is 164 g/mol. The first kappa shape index (κ1) is 11.0. The van der Waals surface area contributed by atoms with Crippen molar-refractivity contribution < 1.29 is 9.47 Å². The van der Waals surface area contributed by atoms with Gasteiger partial charge in [0.25, 0.3) is 0 Å². The van der Waals surface area contributed by atoms with Crippen molar-refractivity contribution in [3.05, 3.63) is 0 Å². The fraction of sp³-hybridized carbons (Fsp3) is 1.00. The van der Waals surface area contributed by atoms with Crippen LogP contribution in [0.2, 0.25) is 0 Å². The summed E-state index contributed by atoms with van der Waals surface area (Å²) < 4.78 is 11.6. The Kier molecular flexibility index (Phi) is 2.75. The van der Waals surface area contributed by atoms with E-state index in [4.69, 9.17) is 9.47 Å². The van der Waals surface area contributed by atoms with Gasteiger partial charge in [0.05, 0.1) is 12.2 Å². The van der Waals surface area contributed by atoms with E-state index in [0.717, 1.165) is 6.42 Å². The van der Waals surface area contributed by atoms with Gasteiger partial charge in [-0.15, -0.1) is 0 Å². The molecule has 1 rings (SSSR count). The lowest BCUT2D eigenvalue weighted by atomic mass is 9.88. The van der Waals surface area contributed by atoms with Gasteiger partial charge in [0.2, 0.25) is 0 Å². The maximum absolute atomic E-state index is 5.81. The second-order valence-electron chi connectivity index (χ2n) is 5.52. The summed E-state index contributed by atoms with van der Waals surface area (Å²) in [4.78, 5) is 0. The third-order valence-electron chi connectivity index (χ3n) is 2.38. The van der Waals surface area contributed by atoms with E-state index in [2.05, 4.69) is 34.6 Å². The molecule has 0 aromatic carbocycles. The first-order valence-corrected chi connectivity index (χ1v) is 5.07. The highest BCUT2D eigenvalue weighted by Gasteiger charge is 2.42. The first-order valence-electron chi connectivity index (χ1n) is 5.07. The molecule has 2 unspecified atom stereocenters. The number of rotatable bonds is 1. The van der Waals surface area contributed by atoms with Crippen LogP contribution < -0.4 is 0 Å². The van der Waals surface area contributed by atoms with Crippen molar-refractivity contribution >= 4 is 0 Å². The highest BCUT2D eigenvalue weighted by Crippen LogP contribution is 2.37. The van der Waals surface area contributed by atoms with Crippen LogP contribution in [0, 0.1) is 5.41 Å². The van der Waals surface area contributed by atoms with Crippen LogP contribution in [0.4, 0.5) is 0 Å². The largest absolute Gasteiger partial charge is 0.345 e. The molecule has 0 aromatic rings. The number of ether oxygens (including phenoxy) is 2. The molecule has 1 fully saturated rings. The second-order valence-corrected chi connectivity index (χ2v) is 5.52. The van der Waals surface area contributed by atoms with Crippen molar-refractivity contribution in [1.82, 2.24) is 0 Å². The van der Waals surface area contributed by atoms with Crippen molar-refractivity contribution in [2.45, 2.75) is 66.0 Å². The summed E-state index contributed by atoms with van der Waals surface area (Å²) in [5.74, 6) is -0.378. The van der Waals surface area contributed by atoms with Crippen molar-refractivity contribution in [2.75, 3.05) is 0 Å². The van der Waals surface area contributed by atoms with Crippen molar-refractivity contribution in [2.24, 2.45) is 5.41 Å². The zero-order chi connectivity index (χ0) is 10.3. The van der Waals surface area contributed by atoms with Crippen molar-refractivity contribution in [3.63, 3.8) is 0 Å². The molecule has 0 N–H and O–H groups in total. The molecule has 0 aromatic heterocycles. The van der Waals surface area contributed by atoms with Gasteiger partial charge in [0.1, 0.15) is 0 Å². The third-order valence-corrected chi connectivity index (χ3v) is 2.38. The topological polar surface area (TPSA) is 18.5 Å². The van der Waals surface area contributed by atoms with Crippen LogP contribution in [0.15, 0.2) is 0 Å². The van der Waals surface area contributed by atoms with E-state index >= 15 is 0 Å². The maximum Gasteiger partial charge on any atom is 0.166 e. The predicted molar refractivity (Wildman–Crippen MR) is 53.6 cm³/mol. The fourth-order valence-electron chi connectivity index (χ4n) is 2.05. The van der Waals surface area contributed by atoms with Gasteiger partial charge in [-0.25, -0.2) is 0 Å². The Balaban J connectivity index is 2.59. The van der Waals surface area contributed by atoms with Crippen LogP contribution in [-0.2, 0) is 9.47 Å². The van der Waals surface area contributed by atoms with Crippen LogP contribution in [0.5, 0.6) is 0 Å². The summed E-state index contributed by atoms with van der Waals surface area (Å²) >= 11 is 0. The second kappa shape index (κ2) is 3.25. The Morgan fingerprint density at radius 3 is 1.77 bits per heavy atom. The fourth-order valence-corrected chi connectivity index (χ4v) is 2.05. The Hall–Kier alpha value is -0.0800. The molecule has 13 heavy (non-hydrogen) atoms. The van der Waals surface area contributed by atoms with E-state index < -0.39 is 0 Å². The highest BCUT2D eigenvalue weighted by molar-refractivity contribution is 4.82. The van der Waals surface area contributed by atoms with E-state index in [1.54, 1.807) is 0 Å². The molecule has 0 spiro atoms. The highest BCUT2D eigenvalue weighted by atomic mass is 16.7. The Morgan fingerprint density at radius 2 is 1.46 bits per heavy atom. The minimum absolute atomic E-state index is 0.215. The standard InChI is InChI=1S/C11H22O2/c1-8-9(2)13-11(6,12-8)7-10(3,4)5/h8-9H,7H2,1-6H3. The lowest BCUT2D eigenvalue weighted by Crippen LogP contribution is -2.32. The molecule has 2 heteroatoms. The predicted octanol–water partition coefficient (Wildman–Crippen LogP) is 2.96. The van der Waals surface area contributed by atoms with E-state index in [0.29, 0.717) is 0 Å². The minimum Gasteiger partial charge on any atom is -0.345 e. The van der Waals surface area contributed by atoms with E-state index in [9.17, 15) is 0 Å². The maximum atomic E-state index is 5.81. The lowest BCUT2D eigenvalue weighted by molar-refractivity contribution is -0.177. The Bertz CT molecular complexity index is 171. The smallest absolute Gasteiger partial charge is 0.166 e. The van der Waals surface area contributed by atoms with Crippen molar-refractivity contribution in [3.8, 4) is 0 Å². The van der Waals surface area contributed by atoms with Crippen LogP contribution >= 0.6 is 0 Å². The molecule has 0 bridgehead atoms. The molecule has 1 aliphatic rings. The summed E-state index contributed by atoms with van der Waals surface area (Å²) in [7, 11) is 0. The third kappa shape index (κ3) is 2.96. The molecule has 0 radical (unpaired) electrons. The van der Waals surface area contributed by atoms with Gasteiger partial charge in [-0.2, -0.15) is 0 Å². The molecular formula is C11H22O2. The van der Waals surface area contributed by atoms with Gasteiger partial charge in [-0.3, -0.25) is 0 Å². The van der Waals surface area contributed by atoms with Gasteiger partial charge in [0, 0.05) is 6.42 Å². The minimum atomic E-state index is -0.378. The summed E-state index contributed by atoms with van der Waals surface area (Å²) in [6.07, 6.45) is 1.37. The molecule has 1 saturated heterocycles. The van der Waals surface area contributed by atoms with Gasteiger partial charge in [0.15, 0.2) is 5.79 Å². The van der Waals surface area contributed by atoms with Gasteiger partial charge < -0.3 is 9.47 Å². The number of hydrogen-bond donors (Lipinski definition) is 0. The van der Waals surface area contributed by atoms with E-state index in [1.165, 1.54) is 0 Å². The van der Waals surface area contributed by atoms with Crippen molar-refractivity contribution in [1.29, 1.82) is 0 Å². The zero-order valence-corrected chi connectivity index (χ0v) is 9.68. The summed E-state index contributed by atoms with van der Waals surface area (Å²) in [5.41, 5.74) is 0.249. The van der Waals surface area contributed by atoms with Crippen LogP contribution in [0.3, 0.4) is 0 Å². The molecule has 1 aliphatic heterocycles. The Labute approximate surface area is 81.6 Å². The van der Waals surface area contributed by atoms with E-state index in [1.807, 2.05) is 6.92 Å². The van der Waals surface area contributed by atoms with E-state index in [-0.39, 0.29) is 23.4 Å². The first-order chi connectivity index (χ1) is 5.72. The monoisotopic (exact) mass is 186 g/mol. The van der Waals surface area contributed by atoms with Crippen LogP contribution in [-0.4, -0.2) is 18.0 Å². The molecule has 0 aliphatic carbocycles. The lowest BCUT2D eigenvalue weighted by Gasteiger charge is -2.30. The quantitative estimate of drug-likeness (QED) is 0.627. The summed E-state index contributed by atoms with van der Waals surface area (Å²) in [6.45, 7) is 12.8. The van der Waals surface area contributed by atoms with Crippen LogP contribution in [0.1, 0.15) is 48.0 Å². The molecule has 78 valence electrons. The number of hydrogen-bond acceptors (Lipinski definition) is 2. The zero-order valence-electron chi connectivity index (χ0n) is 9.68. The average molecular weight is 186 g/mol. The van der Waals surface area contributed by atoms with Gasteiger partial charge in [-0.1, -0.05) is 20.8 Å². The molecule has 1 heterocycles. The Morgan fingerprint density at radius 1 is 1.08 bits per heavy atom. The molecule has 0 saturated carbocycles. The van der Waals surface area contributed by atoms with Crippen LogP contribution in [0.25, 0.3) is 0 Å².